The summed E-state index contributed by atoms with van der Waals surface area (Å²) in [6, 6.07) is 11.2. The lowest BCUT2D eigenvalue weighted by Gasteiger charge is -2.45. The summed E-state index contributed by atoms with van der Waals surface area (Å²) in [7, 11) is 0. The molecule has 230 valence electrons. The molecule has 0 bridgehead atoms. The van der Waals surface area contributed by atoms with Gasteiger partial charge in [0.05, 0.1) is 29.8 Å². The average molecular weight is 617 g/mol. The number of hydrogen-bond donors (Lipinski definition) is 3. The summed E-state index contributed by atoms with van der Waals surface area (Å²) < 4.78 is 83.6. The number of nitrogens with two attached hydrogens (primary N) is 1. The van der Waals surface area contributed by atoms with Gasteiger partial charge in [0.2, 0.25) is 5.91 Å². The van der Waals surface area contributed by atoms with Crippen molar-refractivity contribution in [2.45, 2.75) is 36.9 Å². The van der Waals surface area contributed by atoms with Gasteiger partial charge in [0.1, 0.15) is 0 Å². The van der Waals surface area contributed by atoms with Gasteiger partial charge in [0, 0.05) is 40.8 Å². The molecule has 1 aliphatic heterocycles. The fourth-order valence-corrected chi connectivity index (χ4v) is 5.83. The molecular formula is C31H26F6N4O3. The number of ketones is 2. The number of carbonyl (C=O) groups is 3. The average Bonchev–Trinajstić information content (AvgIpc) is 3.38. The molecule has 0 spiro atoms. The van der Waals surface area contributed by atoms with E-state index in [4.69, 9.17) is 5.73 Å². The molecule has 0 saturated carbocycles. The summed E-state index contributed by atoms with van der Waals surface area (Å²) in [5, 5.41) is 3.80. The van der Waals surface area contributed by atoms with Gasteiger partial charge in [-0.2, -0.15) is 26.3 Å². The Bertz CT molecular complexity index is 1710. The highest BCUT2D eigenvalue weighted by Crippen LogP contribution is 2.36. The molecule has 5 rings (SSSR count). The Balaban J connectivity index is 1.63. The number of hydrogen-bond acceptors (Lipinski definition) is 5. The molecule has 1 aliphatic rings. The topological polar surface area (TPSA) is 108 Å². The van der Waals surface area contributed by atoms with Gasteiger partial charge in [-0.15, -0.1) is 0 Å². The van der Waals surface area contributed by atoms with Gasteiger partial charge in [0.25, 0.3) is 0 Å². The molecule has 1 saturated heterocycles. The molecule has 4 N–H and O–H groups in total. The molecule has 1 amide bonds. The number of nitrogens with one attached hydrogen (secondary N) is 2. The molecule has 3 unspecified atom stereocenters. The van der Waals surface area contributed by atoms with Crippen molar-refractivity contribution >= 4 is 28.4 Å². The highest BCUT2D eigenvalue weighted by molar-refractivity contribution is 6.05. The maximum Gasteiger partial charge on any atom is 0.417 e. The zero-order valence-electron chi connectivity index (χ0n) is 22.9. The Hall–Kier alpha value is -4.49. The number of H-pyrrole nitrogens is 1. The Morgan fingerprint density at radius 2 is 1.34 bits per heavy atom. The zero-order valence-corrected chi connectivity index (χ0v) is 22.9. The van der Waals surface area contributed by atoms with Gasteiger partial charge in [-0.25, -0.2) is 0 Å². The van der Waals surface area contributed by atoms with Crippen LogP contribution in [0.5, 0.6) is 0 Å². The lowest BCUT2D eigenvalue weighted by molar-refractivity contribution is -0.138. The van der Waals surface area contributed by atoms with Crippen LogP contribution in [0.4, 0.5) is 26.3 Å². The first-order valence-electron chi connectivity index (χ1n) is 13.5. The molecule has 2 heterocycles. The smallest absolute Gasteiger partial charge is 0.369 e. The molecule has 4 aromatic rings. The SMILES string of the molecule is NC(=O)CN1C(C(=O)c2ccccc2C(F)(F)F)CNC(Cc2c[nH]c3ccccc23)C1C(=O)c1ccccc1C(F)(F)F. The van der Waals surface area contributed by atoms with Gasteiger partial charge < -0.3 is 16.0 Å². The Morgan fingerprint density at radius 3 is 1.93 bits per heavy atom. The minimum atomic E-state index is -4.92. The fraction of sp³-hybridized carbons (Fsp3) is 0.258. The Morgan fingerprint density at radius 1 is 0.795 bits per heavy atom. The maximum absolute atomic E-state index is 14.2. The van der Waals surface area contributed by atoms with Crippen LogP contribution in [0, 0.1) is 0 Å². The minimum absolute atomic E-state index is 0.0594. The number of aromatic nitrogens is 1. The third kappa shape index (κ3) is 6.10. The van der Waals surface area contributed by atoms with Crippen LogP contribution in [-0.4, -0.2) is 58.6 Å². The zero-order chi connectivity index (χ0) is 31.8. The second-order valence-electron chi connectivity index (χ2n) is 10.5. The Kier molecular flexibility index (Phi) is 8.36. The summed E-state index contributed by atoms with van der Waals surface area (Å²) in [5.74, 6) is -3.17. The first kappa shape index (κ1) is 31.0. The van der Waals surface area contributed by atoms with Crippen molar-refractivity contribution in [3.8, 4) is 0 Å². The number of para-hydroxylation sites is 1. The highest BCUT2D eigenvalue weighted by Gasteiger charge is 2.48. The molecular weight excluding hydrogens is 590 g/mol. The number of halogens is 6. The molecule has 0 radical (unpaired) electrons. The van der Waals surface area contributed by atoms with Crippen molar-refractivity contribution in [3.63, 3.8) is 0 Å². The van der Waals surface area contributed by atoms with Gasteiger partial charge in [-0.05, 0) is 30.2 Å². The number of Topliss-reactive ketones (excluding diaryl/α,β-unsaturated/α-hetero) is 2. The highest BCUT2D eigenvalue weighted by atomic mass is 19.4. The second-order valence-corrected chi connectivity index (χ2v) is 10.5. The van der Waals surface area contributed by atoms with E-state index in [1.54, 1.807) is 24.4 Å². The summed E-state index contributed by atoms with van der Waals surface area (Å²) in [4.78, 5) is 44.3. The molecule has 3 atom stereocenters. The molecule has 1 fully saturated rings. The third-order valence-electron chi connectivity index (χ3n) is 7.73. The van der Waals surface area contributed by atoms with Crippen LogP contribution in [0.3, 0.4) is 0 Å². The number of alkyl halides is 6. The van der Waals surface area contributed by atoms with Crippen LogP contribution < -0.4 is 11.1 Å². The Labute approximate surface area is 247 Å². The number of carbonyl (C=O) groups excluding carboxylic acids is 3. The lowest BCUT2D eigenvalue weighted by Crippen LogP contribution is -2.68. The van der Waals surface area contributed by atoms with E-state index in [-0.39, 0.29) is 13.0 Å². The normalized spacial score (nSPS) is 19.6. The number of piperazine rings is 1. The largest absolute Gasteiger partial charge is 0.417 e. The molecule has 44 heavy (non-hydrogen) atoms. The monoisotopic (exact) mass is 616 g/mol. The van der Waals surface area contributed by atoms with Crippen molar-refractivity contribution in [1.82, 2.24) is 15.2 Å². The molecule has 13 heteroatoms. The summed E-state index contributed by atoms with van der Waals surface area (Å²) in [6.07, 6.45) is -8.09. The second kappa shape index (κ2) is 11.9. The fourth-order valence-electron chi connectivity index (χ4n) is 5.83. The molecule has 1 aromatic heterocycles. The van der Waals surface area contributed by atoms with Gasteiger partial charge in [-0.1, -0.05) is 54.6 Å². The quantitative estimate of drug-likeness (QED) is 0.191. The predicted molar refractivity (Wildman–Crippen MR) is 149 cm³/mol. The summed E-state index contributed by atoms with van der Waals surface area (Å²) in [5.41, 5.74) is 3.05. The van der Waals surface area contributed by atoms with Crippen molar-refractivity contribution in [3.05, 3.63) is 107 Å². The summed E-state index contributed by atoms with van der Waals surface area (Å²) in [6.45, 7) is -1.09. The first-order chi connectivity index (χ1) is 20.8. The van der Waals surface area contributed by atoms with Crippen LogP contribution in [0.2, 0.25) is 0 Å². The predicted octanol–water partition coefficient (Wildman–Crippen LogP) is 5.01. The number of nitrogens with zero attached hydrogens (tertiary/aromatic N) is 1. The van der Waals surface area contributed by atoms with Gasteiger partial charge >= 0.3 is 12.4 Å². The van der Waals surface area contributed by atoms with Crippen molar-refractivity contribution in [2.75, 3.05) is 13.1 Å². The van der Waals surface area contributed by atoms with Crippen LogP contribution in [0.25, 0.3) is 10.9 Å². The van der Waals surface area contributed by atoms with Crippen molar-refractivity contribution in [1.29, 1.82) is 0 Å². The molecule has 7 nitrogen and oxygen atoms in total. The van der Waals surface area contributed by atoms with Crippen molar-refractivity contribution < 1.29 is 40.7 Å². The van der Waals surface area contributed by atoms with Crippen molar-refractivity contribution in [2.24, 2.45) is 5.73 Å². The van der Waals surface area contributed by atoms with Gasteiger partial charge in [-0.3, -0.25) is 19.3 Å². The lowest BCUT2D eigenvalue weighted by atomic mass is 9.85. The third-order valence-corrected chi connectivity index (χ3v) is 7.73. The number of primary amides is 1. The first-order valence-corrected chi connectivity index (χ1v) is 13.5. The maximum atomic E-state index is 14.2. The van der Waals surface area contributed by atoms with E-state index >= 15 is 0 Å². The van der Waals surface area contributed by atoms with E-state index in [9.17, 15) is 40.7 Å². The van der Waals surface area contributed by atoms with E-state index in [1.807, 2.05) is 6.07 Å². The minimum Gasteiger partial charge on any atom is -0.369 e. The van der Waals surface area contributed by atoms with Crippen LogP contribution in [-0.2, 0) is 23.6 Å². The van der Waals surface area contributed by atoms with Crippen LogP contribution >= 0.6 is 0 Å². The van der Waals surface area contributed by atoms with Crippen LogP contribution in [0.1, 0.15) is 37.4 Å². The molecule has 0 aliphatic carbocycles. The van der Waals surface area contributed by atoms with E-state index < -0.39 is 76.8 Å². The number of aromatic amines is 1. The van der Waals surface area contributed by atoms with E-state index in [1.165, 1.54) is 12.1 Å². The van der Waals surface area contributed by atoms with Crippen LogP contribution in [0.15, 0.2) is 79.0 Å². The summed E-state index contributed by atoms with van der Waals surface area (Å²) >= 11 is 0. The number of benzene rings is 3. The number of amides is 1. The standard InChI is InChI=1S/C31H26F6N4O3/c32-30(33,34)21-10-4-1-8-19(21)28(43)25-15-40-24(13-17-14-39-23-12-6-3-7-18(17)23)27(41(25)16-26(38)42)29(44)20-9-2-5-11-22(20)31(35,36)37/h1-12,14,24-25,27,39-40H,13,15-16H2,(H2,38,42). The molecule has 3 aromatic carbocycles. The van der Waals surface area contributed by atoms with E-state index in [0.717, 1.165) is 52.2 Å². The van der Waals surface area contributed by atoms with E-state index in [0.29, 0.717) is 5.56 Å². The van der Waals surface area contributed by atoms with Gasteiger partial charge in [0.15, 0.2) is 11.6 Å². The number of fused-ring (bicyclic) bond motifs is 1. The van der Waals surface area contributed by atoms with E-state index in [2.05, 4.69) is 10.3 Å². The number of rotatable bonds is 8.